The van der Waals surface area contributed by atoms with Gasteiger partial charge in [0.25, 0.3) is 0 Å². The highest BCUT2D eigenvalue weighted by Crippen LogP contribution is 2.24. The molecule has 0 saturated carbocycles. The van der Waals surface area contributed by atoms with Crippen LogP contribution < -0.4 is 0 Å². The van der Waals surface area contributed by atoms with Gasteiger partial charge in [0.1, 0.15) is 11.3 Å². The molecule has 1 aromatic carbocycles. The van der Waals surface area contributed by atoms with Crippen molar-refractivity contribution in [3.8, 4) is 0 Å². The number of halogens is 1. The largest absolute Gasteiger partial charge is 0.464 e. The monoisotopic (exact) mass is 412 g/mol. The predicted molar refractivity (Wildman–Crippen MR) is 113 cm³/mol. The van der Waals surface area contributed by atoms with Crippen LogP contribution in [-0.4, -0.2) is 45.6 Å². The first-order chi connectivity index (χ1) is 14.0. The maximum atomic E-state index is 11.8. The number of methoxy groups -OCH3 is 1. The van der Waals surface area contributed by atoms with Gasteiger partial charge in [-0.15, -0.1) is 0 Å². The topological polar surface area (TPSA) is 60.2 Å². The molecule has 6 nitrogen and oxygen atoms in total. The van der Waals surface area contributed by atoms with Crippen molar-refractivity contribution in [2.45, 2.75) is 39.3 Å². The van der Waals surface area contributed by atoms with Crippen molar-refractivity contribution >= 4 is 28.7 Å². The van der Waals surface area contributed by atoms with Gasteiger partial charge in [-0.1, -0.05) is 30.2 Å². The Morgan fingerprint density at radius 3 is 2.62 bits per heavy atom. The Morgan fingerprint density at radius 1 is 1.10 bits per heavy atom. The number of rotatable bonds is 5. The molecule has 7 heteroatoms. The number of imidazole rings is 1. The van der Waals surface area contributed by atoms with E-state index in [1.54, 1.807) is 12.1 Å². The molecule has 4 rings (SSSR count). The van der Waals surface area contributed by atoms with E-state index in [1.165, 1.54) is 31.9 Å². The molecule has 1 saturated heterocycles. The summed E-state index contributed by atoms with van der Waals surface area (Å²) in [4.78, 5) is 23.4. The van der Waals surface area contributed by atoms with Crippen LogP contribution in [0.2, 0.25) is 5.02 Å². The van der Waals surface area contributed by atoms with Gasteiger partial charge in [0.15, 0.2) is 11.3 Å². The number of carbonyl (C=O) groups excluding carboxylic acids is 1. The van der Waals surface area contributed by atoms with Crippen LogP contribution in [0.4, 0.5) is 0 Å². The molecule has 0 aliphatic carbocycles. The number of hydrogen-bond donors (Lipinski definition) is 0. The lowest BCUT2D eigenvalue weighted by molar-refractivity contribution is 0.0594. The van der Waals surface area contributed by atoms with Gasteiger partial charge in [0.2, 0.25) is 0 Å². The van der Waals surface area contributed by atoms with Crippen molar-refractivity contribution in [1.82, 2.24) is 19.4 Å². The molecule has 0 N–H and O–H groups in total. The number of ether oxygens (including phenoxy) is 1. The maximum Gasteiger partial charge on any atom is 0.356 e. The van der Waals surface area contributed by atoms with Crippen molar-refractivity contribution in [1.29, 1.82) is 0 Å². The van der Waals surface area contributed by atoms with Crippen LogP contribution in [0.1, 0.15) is 46.7 Å². The van der Waals surface area contributed by atoms with E-state index in [1.807, 2.05) is 11.5 Å². The summed E-state index contributed by atoms with van der Waals surface area (Å²) < 4.78 is 6.77. The fraction of sp³-hybridized carbons (Fsp3) is 0.409. The van der Waals surface area contributed by atoms with Gasteiger partial charge in [0.05, 0.1) is 13.7 Å². The minimum absolute atomic E-state index is 0.268. The molecule has 1 aliphatic heterocycles. The average molecular weight is 413 g/mol. The normalized spacial score (nSPS) is 15.0. The molecule has 2 aromatic heterocycles. The van der Waals surface area contributed by atoms with Crippen LogP contribution in [0.5, 0.6) is 0 Å². The number of aromatic nitrogens is 3. The quantitative estimate of drug-likeness (QED) is 0.587. The molecule has 3 aromatic rings. The van der Waals surface area contributed by atoms with Crippen LogP contribution in [0.3, 0.4) is 0 Å². The van der Waals surface area contributed by atoms with Gasteiger partial charge < -0.3 is 9.30 Å². The SMILES string of the molecule is COC(=O)c1ccc2nc(C)n(Cc3ccc(CN4CCCCC4)cc3Cl)c2n1. The number of pyridine rings is 1. The second-order valence-electron chi connectivity index (χ2n) is 7.54. The Kier molecular flexibility index (Phi) is 5.83. The molecule has 0 spiro atoms. The third-order valence-electron chi connectivity index (χ3n) is 5.48. The number of piperidine rings is 1. The first-order valence-electron chi connectivity index (χ1n) is 9.97. The summed E-state index contributed by atoms with van der Waals surface area (Å²) in [6.45, 7) is 5.74. The number of esters is 1. The fourth-order valence-electron chi connectivity index (χ4n) is 3.89. The zero-order valence-electron chi connectivity index (χ0n) is 16.8. The minimum Gasteiger partial charge on any atom is -0.464 e. The zero-order valence-corrected chi connectivity index (χ0v) is 17.6. The number of carbonyl (C=O) groups is 1. The lowest BCUT2D eigenvalue weighted by Crippen LogP contribution is -2.29. The molecule has 0 atom stereocenters. The first-order valence-corrected chi connectivity index (χ1v) is 10.3. The van der Waals surface area contributed by atoms with E-state index in [9.17, 15) is 4.79 Å². The molecule has 1 aliphatic rings. The standard InChI is InChI=1S/C22H25ClN4O2/c1-15-24-19-8-9-20(22(28)29-2)25-21(19)27(15)14-17-7-6-16(12-18(17)23)13-26-10-4-3-5-11-26/h6-9,12H,3-5,10-11,13-14H2,1-2H3. The van der Waals surface area contributed by atoms with Crippen molar-refractivity contribution in [2.24, 2.45) is 0 Å². The van der Waals surface area contributed by atoms with Crippen molar-refractivity contribution < 1.29 is 9.53 Å². The molecule has 0 amide bonds. The van der Waals surface area contributed by atoms with E-state index in [2.05, 4.69) is 33.1 Å². The molecule has 0 radical (unpaired) electrons. The number of fused-ring (bicyclic) bond motifs is 1. The predicted octanol–water partition coefficient (Wildman–Crippen LogP) is 4.21. The molecule has 29 heavy (non-hydrogen) atoms. The van der Waals surface area contributed by atoms with Gasteiger partial charge in [-0.05, 0) is 62.2 Å². The number of aryl methyl sites for hydroxylation is 1. The van der Waals surface area contributed by atoms with E-state index < -0.39 is 5.97 Å². The van der Waals surface area contributed by atoms with Crippen LogP contribution in [0.25, 0.3) is 11.2 Å². The van der Waals surface area contributed by atoms with Gasteiger partial charge in [0, 0.05) is 11.6 Å². The smallest absolute Gasteiger partial charge is 0.356 e. The summed E-state index contributed by atoms with van der Waals surface area (Å²) in [5, 5.41) is 0.741. The third-order valence-corrected chi connectivity index (χ3v) is 5.83. The highest BCUT2D eigenvalue weighted by molar-refractivity contribution is 6.31. The Morgan fingerprint density at radius 2 is 1.90 bits per heavy atom. The van der Waals surface area contributed by atoms with Crippen LogP contribution in [0.15, 0.2) is 30.3 Å². The highest BCUT2D eigenvalue weighted by atomic mass is 35.5. The number of likely N-dealkylation sites (tertiary alicyclic amines) is 1. The summed E-state index contributed by atoms with van der Waals surface area (Å²) >= 11 is 6.62. The number of nitrogens with zero attached hydrogens (tertiary/aromatic N) is 4. The Labute approximate surface area is 175 Å². The van der Waals surface area contributed by atoms with Gasteiger partial charge in [-0.2, -0.15) is 0 Å². The van der Waals surface area contributed by atoms with E-state index >= 15 is 0 Å². The second-order valence-corrected chi connectivity index (χ2v) is 7.95. The van der Waals surface area contributed by atoms with Crippen LogP contribution in [-0.2, 0) is 17.8 Å². The Hall–Kier alpha value is -2.44. The van der Waals surface area contributed by atoms with Crippen molar-refractivity contribution in [2.75, 3.05) is 20.2 Å². The molecule has 152 valence electrons. The van der Waals surface area contributed by atoms with Gasteiger partial charge >= 0.3 is 5.97 Å². The van der Waals surface area contributed by atoms with Crippen molar-refractivity contribution in [3.05, 3.63) is 58.0 Å². The molecule has 1 fully saturated rings. The summed E-state index contributed by atoms with van der Waals surface area (Å²) in [7, 11) is 1.35. The number of benzene rings is 1. The first kappa shape index (κ1) is 19.9. The van der Waals surface area contributed by atoms with Crippen molar-refractivity contribution in [3.63, 3.8) is 0 Å². The lowest BCUT2D eigenvalue weighted by Gasteiger charge is -2.26. The van der Waals surface area contributed by atoms with E-state index in [4.69, 9.17) is 16.3 Å². The summed E-state index contributed by atoms with van der Waals surface area (Å²) in [5.41, 5.74) is 3.90. The summed E-state index contributed by atoms with van der Waals surface area (Å²) in [6, 6.07) is 9.72. The zero-order chi connectivity index (χ0) is 20.4. The van der Waals surface area contributed by atoms with Gasteiger partial charge in [-0.25, -0.2) is 14.8 Å². The lowest BCUT2D eigenvalue weighted by atomic mass is 10.1. The summed E-state index contributed by atoms with van der Waals surface area (Å²) in [6.07, 6.45) is 3.89. The van der Waals surface area contributed by atoms with Crippen LogP contribution >= 0.6 is 11.6 Å². The van der Waals surface area contributed by atoms with E-state index in [-0.39, 0.29) is 5.69 Å². The van der Waals surface area contributed by atoms with Gasteiger partial charge in [-0.3, -0.25) is 4.90 Å². The second kappa shape index (κ2) is 8.51. The highest BCUT2D eigenvalue weighted by Gasteiger charge is 2.16. The maximum absolute atomic E-state index is 11.8. The average Bonchev–Trinajstić information content (AvgIpc) is 3.04. The molecule has 3 heterocycles. The minimum atomic E-state index is -0.461. The van der Waals surface area contributed by atoms with E-state index in [0.29, 0.717) is 12.2 Å². The molecule has 0 bridgehead atoms. The number of hydrogen-bond acceptors (Lipinski definition) is 5. The molecule has 0 unspecified atom stereocenters. The molecular weight excluding hydrogens is 388 g/mol. The summed E-state index contributed by atoms with van der Waals surface area (Å²) in [5.74, 6) is 0.361. The Bertz CT molecular complexity index is 1040. The van der Waals surface area contributed by atoms with E-state index in [0.717, 1.165) is 41.6 Å². The molecular formula is C22H25ClN4O2. The fourth-order valence-corrected chi connectivity index (χ4v) is 4.15. The van der Waals surface area contributed by atoms with Crippen LogP contribution in [0, 0.1) is 6.92 Å². The Balaban J connectivity index is 1.59. The third kappa shape index (κ3) is 4.28.